The van der Waals surface area contributed by atoms with E-state index in [9.17, 15) is 0 Å². The lowest BCUT2D eigenvalue weighted by molar-refractivity contribution is 0.151. The van der Waals surface area contributed by atoms with Crippen LogP contribution < -0.4 is 0 Å². The Morgan fingerprint density at radius 1 is 1.33 bits per heavy atom. The summed E-state index contributed by atoms with van der Waals surface area (Å²) < 4.78 is 5.35. The summed E-state index contributed by atoms with van der Waals surface area (Å²) >= 11 is 5.53. The number of alkyl halides is 1. The lowest BCUT2D eigenvalue weighted by atomic mass is 10.2. The van der Waals surface area contributed by atoms with Crippen LogP contribution >= 0.6 is 11.6 Å². The molecule has 0 fully saturated rings. The van der Waals surface area contributed by atoms with Crippen LogP contribution in [0.2, 0.25) is 0 Å². The Morgan fingerprint density at radius 2 is 2.08 bits per heavy atom. The van der Waals surface area contributed by atoms with Crippen molar-refractivity contribution in [1.29, 1.82) is 0 Å². The molecule has 0 radical (unpaired) electrons. The third-order valence-corrected chi connectivity index (χ3v) is 2.02. The maximum atomic E-state index is 5.53. The standard InChI is InChI=1S/C10H19ClO/c1-3-4-5-6-7-12-9-10(2)8-11/h2-9H2,1H3. The van der Waals surface area contributed by atoms with Gasteiger partial charge in [-0.25, -0.2) is 0 Å². The molecule has 0 aliphatic rings. The minimum atomic E-state index is 0.509. The van der Waals surface area contributed by atoms with Gasteiger partial charge in [-0.2, -0.15) is 0 Å². The molecule has 2 heteroatoms. The van der Waals surface area contributed by atoms with E-state index in [1.807, 2.05) is 0 Å². The molecule has 0 aromatic carbocycles. The molecule has 0 aromatic heterocycles. The fraction of sp³-hybridized carbons (Fsp3) is 0.800. The highest BCUT2D eigenvalue weighted by Gasteiger charge is 1.92. The van der Waals surface area contributed by atoms with Crippen molar-refractivity contribution in [2.45, 2.75) is 32.6 Å². The Hall–Kier alpha value is -0.0100. The van der Waals surface area contributed by atoms with E-state index in [-0.39, 0.29) is 0 Å². The second-order valence-corrected chi connectivity index (χ2v) is 3.26. The van der Waals surface area contributed by atoms with Crippen molar-refractivity contribution in [2.24, 2.45) is 0 Å². The van der Waals surface area contributed by atoms with Gasteiger partial charge < -0.3 is 4.74 Å². The van der Waals surface area contributed by atoms with E-state index in [0.29, 0.717) is 12.5 Å². The molecular formula is C10H19ClO. The van der Waals surface area contributed by atoms with E-state index < -0.39 is 0 Å². The molecule has 72 valence electrons. The summed E-state index contributed by atoms with van der Waals surface area (Å²) in [6.07, 6.45) is 5.00. The molecule has 0 spiro atoms. The highest BCUT2D eigenvalue weighted by atomic mass is 35.5. The SMILES string of the molecule is C=C(CCl)COCCCCCC. The second-order valence-electron chi connectivity index (χ2n) is 3.00. The lowest BCUT2D eigenvalue weighted by Gasteiger charge is -2.03. The molecule has 0 aliphatic heterocycles. The molecule has 0 bridgehead atoms. The van der Waals surface area contributed by atoms with Crippen LogP contribution in [0.4, 0.5) is 0 Å². The van der Waals surface area contributed by atoms with Crippen LogP contribution in [-0.4, -0.2) is 19.1 Å². The van der Waals surface area contributed by atoms with Crippen molar-refractivity contribution in [3.8, 4) is 0 Å². The summed E-state index contributed by atoms with van der Waals surface area (Å²) in [5.41, 5.74) is 0.965. The van der Waals surface area contributed by atoms with E-state index in [2.05, 4.69) is 13.5 Å². The number of hydrogen-bond donors (Lipinski definition) is 0. The molecule has 0 unspecified atom stereocenters. The fourth-order valence-electron chi connectivity index (χ4n) is 0.886. The Bertz CT molecular complexity index is 112. The van der Waals surface area contributed by atoms with Crippen LogP contribution in [0.15, 0.2) is 12.2 Å². The number of unbranched alkanes of at least 4 members (excludes halogenated alkanes) is 3. The molecule has 0 saturated carbocycles. The van der Waals surface area contributed by atoms with Gasteiger partial charge in [0.2, 0.25) is 0 Å². The van der Waals surface area contributed by atoms with Crippen molar-refractivity contribution in [2.75, 3.05) is 19.1 Å². The summed E-state index contributed by atoms with van der Waals surface area (Å²) in [5.74, 6) is 0.509. The first kappa shape index (κ1) is 12.0. The Balaban J connectivity index is 2.95. The van der Waals surface area contributed by atoms with Crippen LogP contribution in [0.25, 0.3) is 0 Å². The van der Waals surface area contributed by atoms with Crippen molar-refractivity contribution in [3.05, 3.63) is 12.2 Å². The fourth-order valence-corrected chi connectivity index (χ4v) is 0.963. The molecule has 0 atom stereocenters. The number of hydrogen-bond acceptors (Lipinski definition) is 1. The number of rotatable bonds is 8. The third kappa shape index (κ3) is 8.09. The minimum Gasteiger partial charge on any atom is -0.377 e. The Labute approximate surface area is 80.8 Å². The van der Waals surface area contributed by atoms with Crippen LogP contribution in [-0.2, 0) is 4.74 Å². The van der Waals surface area contributed by atoms with Gasteiger partial charge in [-0.3, -0.25) is 0 Å². The first-order valence-corrected chi connectivity index (χ1v) is 5.15. The monoisotopic (exact) mass is 190 g/mol. The van der Waals surface area contributed by atoms with Crippen LogP contribution in [0, 0.1) is 0 Å². The van der Waals surface area contributed by atoms with Crippen LogP contribution in [0.5, 0.6) is 0 Å². The van der Waals surface area contributed by atoms with Gasteiger partial charge in [-0.15, -0.1) is 11.6 Å². The molecule has 0 heterocycles. The third-order valence-electron chi connectivity index (χ3n) is 1.64. The summed E-state index contributed by atoms with van der Waals surface area (Å²) in [5, 5.41) is 0. The molecule has 0 rings (SSSR count). The predicted molar refractivity (Wildman–Crippen MR) is 54.8 cm³/mol. The number of halogens is 1. The summed E-state index contributed by atoms with van der Waals surface area (Å²) in [7, 11) is 0. The highest BCUT2D eigenvalue weighted by Crippen LogP contribution is 2.00. The topological polar surface area (TPSA) is 9.23 Å². The van der Waals surface area contributed by atoms with E-state index in [4.69, 9.17) is 16.3 Å². The highest BCUT2D eigenvalue weighted by molar-refractivity contribution is 6.19. The van der Waals surface area contributed by atoms with Crippen molar-refractivity contribution in [3.63, 3.8) is 0 Å². The van der Waals surface area contributed by atoms with Gasteiger partial charge in [0.1, 0.15) is 0 Å². The maximum Gasteiger partial charge on any atom is 0.0685 e. The maximum absolute atomic E-state index is 5.53. The van der Waals surface area contributed by atoms with E-state index in [1.54, 1.807) is 0 Å². The van der Waals surface area contributed by atoms with Crippen molar-refractivity contribution < 1.29 is 4.74 Å². The molecule has 0 saturated heterocycles. The molecule has 1 nitrogen and oxygen atoms in total. The van der Waals surface area contributed by atoms with E-state index >= 15 is 0 Å². The zero-order valence-electron chi connectivity index (χ0n) is 7.94. The van der Waals surface area contributed by atoms with Crippen LogP contribution in [0.1, 0.15) is 32.6 Å². The Morgan fingerprint density at radius 3 is 2.67 bits per heavy atom. The molecule has 0 aliphatic carbocycles. The largest absolute Gasteiger partial charge is 0.377 e. The van der Waals surface area contributed by atoms with E-state index in [1.165, 1.54) is 19.3 Å². The average Bonchev–Trinajstić information content (AvgIpc) is 2.10. The second kappa shape index (κ2) is 9.08. The number of ether oxygens (including phenoxy) is 1. The summed E-state index contributed by atoms with van der Waals surface area (Å²) in [6.45, 7) is 7.42. The van der Waals surface area contributed by atoms with Gasteiger partial charge in [0, 0.05) is 12.5 Å². The average molecular weight is 191 g/mol. The van der Waals surface area contributed by atoms with Gasteiger partial charge in [0.05, 0.1) is 6.61 Å². The van der Waals surface area contributed by atoms with Crippen LogP contribution in [0.3, 0.4) is 0 Å². The van der Waals surface area contributed by atoms with E-state index in [0.717, 1.165) is 18.6 Å². The lowest BCUT2D eigenvalue weighted by Crippen LogP contribution is -2.00. The van der Waals surface area contributed by atoms with Gasteiger partial charge in [0.25, 0.3) is 0 Å². The molecule has 12 heavy (non-hydrogen) atoms. The van der Waals surface area contributed by atoms with Gasteiger partial charge in [-0.1, -0.05) is 32.8 Å². The quantitative estimate of drug-likeness (QED) is 0.324. The van der Waals surface area contributed by atoms with Gasteiger partial charge >= 0.3 is 0 Å². The predicted octanol–water partition coefficient (Wildman–Crippen LogP) is 3.38. The Kier molecular flexibility index (Phi) is 9.07. The summed E-state index contributed by atoms with van der Waals surface area (Å²) in [4.78, 5) is 0. The molecule has 0 N–H and O–H groups in total. The zero-order chi connectivity index (χ0) is 9.23. The van der Waals surface area contributed by atoms with Gasteiger partial charge in [-0.05, 0) is 12.0 Å². The van der Waals surface area contributed by atoms with Crippen molar-refractivity contribution >= 4 is 11.6 Å². The van der Waals surface area contributed by atoms with Gasteiger partial charge in [0.15, 0.2) is 0 Å². The first-order chi connectivity index (χ1) is 5.81. The molecular weight excluding hydrogens is 172 g/mol. The summed E-state index contributed by atoms with van der Waals surface area (Å²) in [6, 6.07) is 0. The molecule has 0 amide bonds. The normalized spacial score (nSPS) is 10.2. The van der Waals surface area contributed by atoms with Crippen molar-refractivity contribution in [1.82, 2.24) is 0 Å². The minimum absolute atomic E-state index is 0.509. The first-order valence-electron chi connectivity index (χ1n) is 4.61. The smallest absolute Gasteiger partial charge is 0.0685 e. The molecule has 0 aromatic rings. The zero-order valence-corrected chi connectivity index (χ0v) is 8.70.